The summed E-state index contributed by atoms with van der Waals surface area (Å²) in [6.45, 7) is 6.42. The van der Waals surface area contributed by atoms with Crippen molar-refractivity contribution in [3.63, 3.8) is 0 Å². The molecule has 2 unspecified atom stereocenters. The second-order valence-electron chi connectivity index (χ2n) is 8.26. The number of alkyl carbamates (subject to hydrolysis) is 1. The van der Waals surface area contributed by atoms with E-state index >= 15 is 0 Å². The first-order valence-electron chi connectivity index (χ1n) is 8.78. The highest BCUT2D eigenvalue weighted by atomic mass is 19.1. The first-order valence-corrected chi connectivity index (χ1v) is 8.78. The number of carbonyl (C=O) groups is 1. The van der Waals surface area contributed by atoms with Gasteiger partial charge in [0.1, 0.15) is 5.60 Å². The number of piperidine rings is 1. The molecule has 1 N–H and O–H groups in total. The van der Waals surface area contributed by atoms with Crippen molar-refractivity contribution < 1.29 is 18.8 Å². The number of halogens is 1. The minimum atomic E-state index is -0.828. The largest absolute Gasteiger partial charge is 0.444 e. The number of nitrogens with zero attached hydrogens (tertiary/aromatic N) is 2. The topological polar surface area (TPSA) is 84.7 Å². The van der Waals surface area contributed by atoms with Gasteiger partial charge in [-0.2, -0.15) is 4.39 Å². The van der Waals surface area contributed by atoms with Gasteiger partial charge in [0.2, 0.25) is 5.82 Å². The Morgan fingerprint density at radius 1 is 1.46 bits per heavy atom. The standard InChI is InChI=1S/C18H24FN3O4/c1-17(2,3)26-16(23)20-18-8-7-12(9-18)10-21(11-18)13-5-4-6-14(15(13)19)22(24)25/h4-6,12H,7-11H2,1-3H3,(H,20,23). The maximum atomic E-state index is 14.6. The average Bonchev–Trinajstić information content (AvgIpc) is 2.79. The molecule has 2 bridgehead atoms. The molecule has 1 amide bonds. The lowest BCUT2D eigenvalue weighted by molar-refractivity contribution is -0.387. The Hall–Kier alpha value is -2.38. The molecule has 142 valence electrons. The maximum Gasteiger partial charge on any atom is 0.408 e. The van der Waals surface area contributed by atoms with E-state index in [1.165, 1.54) is 6.07 Å². The van der Waals surface area contributed by atoms with Crippen molar-refractivity contribution in [1.82, 2.24) is 5.32 Å². The zero-order valence-corrected chi connectivity index (χ0v) is 15.3. The Kier molecular flexibility index (Phi) is 4.54. The Labute approximate surface area is 151 Å². The van der Waals surface area contributed by atoms with Crippen molar-refractivity contribution in [2.45, 2.75) is 51.2 Å². The van der Waals surface area contributed by atoms with Gasteiger partial charge < -0.3 is 15.0 Å². The van der Waals surface area contributed by atoms with Crippen LogP contribution >= 0.6 is 0 Å². The van der Waals surface area contributed by atoms with Gasteiger partial charge in [-0.1, -0.05) is 6.07 Å². The fourth-order valence-electron chi connectivity index (χ4n) is 4.03. The summed E-state index contributed by atoms with van der Waals surface area (Å²) in [6.07, 6.45) is 2.02. The number of fused-ring (bicyclic) bond motifs is 2. The van der Waals surface area contributed by atoms with Gasteiger partial charge in [0.15, 0.2) is 0 Å². The van der Waals surface area contributed by atoms with Crippen LogP contribution in [-0.2, 0) is 4.74 Å². The third-order valence-corrected chi connectivity index (χ3v) is 4.94. The van der Waals surface area contributed by atoms with E-state index < -0.39 is 33.7 Å². The van der Waals surface area contributed by atoms with Gasteiger partial charge in [-0.05, 0) is 52.0 Å². The Bertz CT molecular complexity index is 734. The van der Waals surface area contributed by atoms with Gasteiger partial charge >= 0.3 is 11.8 Å². The van der Waals surface area contributed by atoms with Crippen LogP contribution in [0.15, 0.2) is 18.2 Å². The van der Waals surface area contributed by atoms with E-state index in [2.05, 4.69) is 5.32 Å². The van der Waals surface area contributed by atoms with E-state index in [-0.39, 0.29) is 5.69 Å². The number of benzene rings is 1. The number of carbonyl (C=O) groups excluding carboxylic acids is 1. The second kappa shape index (κ2) is 6.41. The SMILES string of the molecule is CC(C)(C)OC(=O)NC12CCC(CN(c3cccc([N+](=O)[O-])c3F)C1)C2. The normalized spacial score (nSPS) is 25.1. The molecule has 3 rings (SSSR count). The van der Waals surface area contributed by atoms with Crippen LogP contribution in [0, 0.1) is 21.8 Å². The molecule has 0 radical (unpaired) electrons. The van der Waals surface area contributed by atoms with E-state index in [1.807, 2.05) is 0 Å². The van der Waals surface area contributed by atoms with Crippen LogP contribution in [-0.4, -0.2) is 35.2 Å². The highest BCUT2D eigenvalue weighted by molar-refractivity contribution is 5.69. The fourth-order valence-corrected chi connectivity index (χ4v) is 4.03. The van der Waals surface area contributed by atoms with E-state index in [0.717, 1.165) is 25.3 Å². The van der Waals surface area contributed by atoms with Gasteiger partial charge in [-0.15, -0.1) is 0 Å². The molecule has 0 spiro atoms. The number of nitro benzene ring substituents is 1. The summed E-state index contributed by atoms with van der Waals surface area (Å²) in [7, 11) is 0. The lowest BCUT2D eigenvalue weighted by Gasteiger charge is -2.42. The van der Waals surface area contributed by atoms with Gasteiger partial charge in [0.05, 0.1) is 16.1 Å². The van der Waals surface area contributed by atoms with Crippen LogP contribution in [0.5, 0.6) is 0 Å². The molecule has 1 aromatic rings. The maximum absolute atomic E-state index is 14.6. The summed E-state index contributed by atoms with van der Waals surface area (Å²) in [5.41, 5.74) is -1.42. The average molecular weight is 365 g/mol. The Morgan fingerprint density at radius 2 is 2.19 bits per heavy atom. The van der Waals surface area contributed by atoms with E-state index in [9.17, 15) is 19.3 Å². The predicted molar refractivity (Wildman–Crippen MR) is 94.7 cm³/mol. The number of hydrogen-bond acceptors (Lipinski definition) is 5. The molecule has 1 saturated carbocycles. The minimum Gasteiger partial charge on any atom is -0.444 e. The molecule has 2 atom stereocenters. The molecule has 2 aliphatic rings. The molecular weight excluding hydrogens is 341 g/mol. The molecule has 1 aliphatic carbocycles. The molecule has 1 aliphatic heterocycles. The van der Waals surface area contributed by atoms with Gasteiger partial charge in [-0.3, -0.25) is 10.1 Å². The van der Waals surface area contributed by atoms with Crippen molar-refractivity contribution in [3.8, 4) is 0 Å². The van der Waals surface area contributed by atoms with E-state index in [4.69, 9.17) is 4.74 Å². The number of nitro groups is 1. The van der Waals surface area contributed by atoms with Crippen LogP contribution in [0.3, 0.4) is 0 Å². The number of rotatable bonds is 3. The summed E-state index contributed by atoms with van der Waals surface area (Å²) in [4.78, 5) is 24.4. The number of amides is 1. The molecule has 1 heterocycles. The molecule has 1 aromatic carbocycles. The molecule has 1 saturated heterocycles. The number of anilines is 1. The number of nitrogens with one attached hydrogen (secondary N) is 1. The molecule has 0 aromatic heterocycles. The van der Waals surface area contributed by atoms with Crippen LogP contribution in [0.2, 0.25) is 0 Å². The number of ether oxygens (including phenoxy) is 1. The quantitative estimate of drug-likeness (QED) is 0.653. The van der Waals surface area contributed by atoms with Crippen LogP contribution in [0.25, 0.3) is 0 Å². The zero-order chi connectivity index (χ0) is 19.1. The first-order chi connectivity index (χ1) is 12.1. The summed E-state index contributed by atoms with van der Waals surface area (Å²) in [6, 6.07) is 4.20. The van der Waals surface area contributed by atoms with Crippen molar-refractivity contribution in [3.05, 3.63) is 34.1 Å². The van der Waals surface area contributed by atoms with Crippen LogP contribution < -0.4 is 10.2 Å². The second-order valence-corrected chi connectivity index (χ2v) is 8.26. The van der Waals surface area contributed by atoms with Crippen LogP contribution in [0.1, 0.15) is 40.0 Å². The van der Waals surface area contributed by atoms with Crippen LogP contribution in [0.4, 0.5) is 20.6 Å². The molecule has 7 nitrogen and oxygen atoms in total. The predicted octanol–water partition coefficient (Wildman–Crippen LogP) is 3.62. The molecule has 26 heavy (non-hydrogen) atoms. The van der Waals surface area contributed by atoms with E-state index in [0.29, 0.717) is 19.0 Å². The highest BCUT2D eigenvalue weighted by Gasteiger charge is 2.47. The molecular formula is C18H24FN3O4. The van der Waals surface area contributed by atoms with Crippen molar-refractivity contribution in [2.24, 2.45) is 5.92 Å². The Balaban J connectivity index is 1.82. The number of hydrogen-bond donors (Lipinski definition) is 1. The van der Waals surface area contributed by atoms with Crippen molar-refractivity contribution in [2.75, 3.05) is 18.0 Å². The summed E-state index contributed by atoms with van der Waals surface area (Å²) in [5, 5.41) is 14.0. The summed E-state index contributed by atoms with van der Waals surface area (Å²) in [5.74, 6) is -0.524. The third-order valence-electron chi connectivity index (χ3n) is 4.94. The minimum absolute atomic E-state index is 0.209. The van der Waals surface area contributed by atoms with Gasteiger partial charge in [0.25, 0.3) is 0 Å². The molecule has 8 heteroatoms. The van der Waals surface area contributed by atoms with Crippen molar-refractivity contribution >= 4 is 17.5 Å². The first kappa shape index (κ1) is 18.4. The monoisotopic (exact) mass is 365 g/mol. The third kappa shape index (κ3) is 3.73. The lowest BCUT2D eigenvalue weighted by Crippen LogP contribution is -2.58. The summed E-state index contributed by atoms with van der Waals surface area (Å²) >= 11 is 0. The zero-order valence-electron chi connectivity index (χ0n) is 15.3. The van der Waals surface area contributed by atoms with Crippen molar-refractivity contribution in [1.29, 1.82) is 0 Å². The lowest BCUT2D eigenvalue weighted by atomic mass is 9.90. The Morgan fingerprint density at radius 3 is 2.85 bits per heavy atom. The van der Waals surface area contributed by atoms with E-state index in [1.54, 1.807) is 31.7 Å². The van der Waals surface area contributed by atoms with Gasteiger partial charge in [-0.25, -0.2) is 4.79 Å². The molecule has 2 fully saturated rings. The smallest absolute Gasteiger partial charge is 0.408 e. The highest BCUT2D eigenvalue weighted by Crippen LogP contribution is 2.42. The summed E-state index contributed by atoms with van der Waals surface area (Å²) < 4.78 is 20.0. The van der Waals surface area contributed by atoms with Gasteiger partial charge in [0, 0.05) is 19.2 Å². The fraction of sp³-hybridized carbons (Fsp3) is 0.611.